The second-order valence-corrected chi connectivity index (χ2v) is 9.27. The van der Waals surface area contributed by atoms with E-state index >= 15 is 0 Å². The molecule has 1 aliphatic carbocycles. The Hall–Kier alpha value is -1.99. The van der Waals surface area contributed by atoms with Crippen LogP contribution in [-0.4, -0.2) is 28.2 Å². The molecule has 0 spiro atoms. The number of nitrogens with one attached hydrogen (secondary N) is 1. The molecule has 1 aromatic carbocycles. The number of amides is 1. The molecule has 146 valence electrons. The molecule has 4 nitrogen and oxygen atoms in total. The van der Waals surface area contributed by atoms with Gasteiger partial charge in [0.15, 0.2) is 0 Å². The molecule has 28 heavy (non-hydrogen) atoms. The van der Waals surface area contributed by atoms with E-state index in [1.165, 1.54) is 40.8 Å². The Labute approximate surface area is 172 Å². The lowest BCUT2D eigenvalue weighted by Crippen LogP contribution is -2.27. The summed E-state index contributed by atoms with van der Waals surface area (Å²) in [4.78, 5) is 23.6. The van der Waals surface area contributed by atoms with Crippen molar-refractivity contribution >= 4 is 39.2 Å². The molecule has 0 fully saturated rings. The van der Waals surface area contributed by atoms with Gasteiger partial charge in [0, 0.05) is 16.8 Å². The van der Waals surface area contributed by atoms with Gasteiger partial charge in [-0.25, -0.2) is 14.4 Å². The van der Waals surface area contributed by atoms with E-state index in [9.17, 15) is 9.18 Å². The molecule has 0 aliphatic heterocycles. The first-order valence-electron chi connectivity index (χ1n) is 9.49. The maximum Gasteiger partial charge on any atom is 0.230 e. The van der Waals surface area contributed by atoms with Crippen LogP contribution in [-0.2, 0) is 24.1 Å². The molecule has 0 radical (unpaired) electrons. The van der Waals surface area contributed by atoms with Crippen LogP contribution in [0.5, 0.6) is 0 Å². The lowest BCUT2D eigenvalue weighted by molar-refractivity contribution is -0.118. The summed E-state index contributed by atoms with van der Waals surface area (Å²) in [5.74, 6) is 0.787. The van der Waals surface area contributed by atoms with Crippen molar-refractivity contribution in [1.29, 1.82) is 0 Å². The van der Waals surface area contributed by atoms with Gasteiger partial charge in [-0.1, -0.05) is 30.8 Å². The number of hydrogen-bond acceptors (Lipinski definition) is 5. The third kappa shape index (κ3) is 4.36. The van der Waals surface area contributed by atoms with E-state index in [2.05, 4.69) is 22.2 Å². The highest BCUT2D eigenvalue weighted by molar-refractivity contribution is 8.00. The van der Waals surface area contributed by atoms with Gasteiger partial charge in [-0.05, 0) is 54.9 Å². The summed E-state index contributed by atoms with van der Waals surface area (Å²) in [6.07, 6.45) is 5.67. The largest absolute Gasteiger partial charge is 0.355 e. The van der Waals surface area contributed by atoms with Gasteiger partial charge in [-0.3, -0.25) is 4.79 Å². The predicted molar refractivity (Wildman–Crippen MR) is 112 cm³/mol. The average Bonchev–Trinajstić information content (AvgIpc) is 3.06. The highest BCUT2D eigenvalue weighted by Crippen LogP contribution is 2.40. The minimum absolute atomic E-state index is 0.0170. The SMILES string of the molecule is C[C@H]1CCc2c(sc3ncnc(SCC(=O)NCCc4ccc(F)cc4)c23)C1. The van der Waals surface area contributed by atoms with E-state index in [-0.39, 0.29) is 11.7 Å². The molecular formula is C21H22FN3OS2. The average molecular weight is 416 g/mol. The topological polar surface area (TPSA) is 54.9 Å². The lowest BCUT2D eigenvalue weighted by atomic mass is 9.89. The molecule has 4 rings (SSSR count). The summed E-state index contributed by atoms with van der Waals surface area (Å²) in [5.41, 5.74) is 2.39. The zero-order chi connectivity index (χ0) is 19.5. The van der Waals surface area contributed by atoms with Gasteiger partial charge >= 0.3 is 0 Å². The Balaban J connectivity index is 1.36. The molecule has 1 atom stereocenters. The second-order valence-electron chi connectivity index (χ2n) is 7.23. The molecule has 3 aromatic rings. The Morgan fingerprint density at radius 1 is 1.32 bits per heavy atom. The highest BCUT2D eigenvalue weighted by atomic mass is 32.2. The molecule has 1 aliphatic rings. The van der Waals surface area contributed by atoms with Crippen LogP contribution in [0, 0.1) is 11.7 Å². The van der Waals surface area contributed by atoms with Crippen molar-refractivity contribution in [3.05, 3.63) is 52.4 Å². The first-order valence-corrected chi connectivity index (χ1v) is 11.3. The van der Waals surface area contributed by atoms with Crippen molar-refractivity contribution in [2.45, 2.75) is 37.6 Å². The fourth-order valence-electron chi connectivity index (χ4n) is 3.54. The summed E-state index contributed by atoms with van der Waals surface area (Å²) in [5, 5.41) is 4.99. The van der Waals surface area contributed by atoms with Crippen LogP contribution in [0.25, 0.3) is 10.2 Å². The number of aryl methyl sites for hydroxylation is 1. The third-order valence-electron chi connectivity index (χ3n) is 5.05. The molecule has 0 saturated carbocycles. The first-order chi connectivity index (χ1) is 13.6. The number of benzene rings is 1. The van der Waals surface area contributed by atoms with Crippen LogP contribution in [0.15, 0.2) is 35.6 Å². The second kappa shape index (κ2) is 8.57. The predicted octanol–water partition coefficient (Wildman–Crippen LogP) is 4.41. The fourth-order valence-corrected chi connectivity index (χ4v) is 5.81. The monoisotopic (exact) mass is 415 g/mol. The van der Waals surface area contributed by atoms with Gasteiger partial charge in [0.25, 0.3) is 0 Å². The van der Waals surface area contributed by atoms with Crippen LogP contribution < -0.4 is 5.32 Å². The van der Waals surface area contributed by atoms with Crippen molar-refractivity contribution < 1.29 is 9.18 Å². The van der Waals surface area contributed by atoms with Gasteiger partial charge in [0.1, 0.15) is 22.0 Å². The first kappa shape index (κ1) is 19.3. The summed E-state index contributed by atoms with van der Waals surface area (Å²) < 4.78 is 12.9. The van der Waals surface area contributed by atoms with E-state index in [4.69, 9.17) is 0 Å². The van der Waals surface area contributed by atoms with E-state index in [1.54, 1.807) is 29.8 Å². The normalized spacial score (nSPS) is 16.1. The van der Waals surface area contributed by atoms with Gasteiger partial charge < -0.3 is 5.32 Å². The minimum Gasteiger partial charge on any atom is -0.355 e. The van der Waals surface area contributed by atoms with Crippen molar-refractivity contribution in [2.75, 3.05) is 12.3 Å². The quantitative estimate of drug-likeness (QED) is 0.479. The molecule has 7 heteroatoms. The van der Waals surface area contributed by atoms with E-state index in [1.807, 2.05) is 0 Å². The number of nitrogens with zero attached hydrogens (tertiary/aromatic N) is 2. The number of carbonyl (C=O) groups is 1. The molecule has 0 saturated heterocycles. The van der Waals surface area contributed by atoms with Gasteiger partial charge in [0.2, 0.25) is 5.91 Å². The van der Waals surface area contributed by atoms with Crippen LogP contribution in [0.1, 0.15) is 29.3 Å². The smallest absolute Gasteiger partial charge is 0.230 e. The Morgan fingerprint density at radius 2 is 2.14 bits per heavy atom. The van der Waals surface area contributed by atoms with E-state index < -0.39 is 0 Å². The lowest BCUT2D eigenvalue weighted by Gasteiger charge is -2.18. The Bertz CT molecular complexity index is 987. The molecule has 2 aromatic heterocycles. The molecule has 1 N–H and O–H groups in total. The summed E-state index contributed by atoms with van der Waals surface area (Å²) in [7, 11) is 0. The van der Waals surface area contributed by atoms with Gasteiger partial charge in [0.05, 0.1) is 5.75 Å². The van der Waals surface area contributed by atoms with Crippen LogP contribution in [0.4, 0.5) is 4.39 Å². The number of rotatable bonds is 6. The summed E-state index contributed by atoms with van der Waals surface area (Å²) in [6.45, 7) is 2.83. The number of aromatic nitrogens is 2. The van der Waals surface area contributed by atoms with Crippen molar-refractivity contribution in [1.82, 2.24) is 15.3 Å². The Kier molecular flexibility index (Phi) is 5.92. The molecule has 0 bridgehead atoms. The zero-order valence-electron chi connectivity index (χ0n) is 15.7. The summed E-state index contributed by atoms with van der Waals surface area (Å²) >= 11 is 3.25. The van der Waals surface area contributed by atoms with Crippen molar-refractivity contribution in [3.63, 3.8) is 0 Å². The third-order valence-corrected chi connectivity index (χ3v) is 7.20. The Morgan fingerprint density at radius 3 is 2.96 bits per heavy atom. The van der Waals surface area contributed by atoms with E-state index in [0.29, 0.717) is 18.7 Å². The molecule has 1 amide bonds. The number of halogens is 1. The number of carbonyl (C=O) groups excluding carboxylic acids is 1. The van der Waals surface area contributed by atoms with Crippen LogP contribution in [0.3, 0.4) is 0 Å². The number of fused-ring (bicyclic) bond motifs is 3. The fraction of sp³-hybridized carbons (Fsp3) is 0.381. The van der Waals surface area contributed by atoms with E-state index in [0.717, 1.165) is 39.6 Å². The maximum atomic E-state index is 12.9. The zero-order valence-corrected chi connectivity index (χ0v) is 17.3. The number of thioether (sulfide) groups is 1. The standard InChI is InChI=1S/C21H22FN3OS2/c1-13-2-7-16-17(10-13)28-21-19(16)20(24-12-25-21)27-11-18(26)23-9-8-14-3-5-15(22)6-4-14/h3-6,12-13H,2,7-11H2,1H3,(H,23,26)/t13-/m0/s1. The highest BCUT2D eigenvalue weighted by Gasteiger charge is 2.23. The van der Waals surface area contributed by atoms with Crippen molar-refractivity contribution in [3.8, 4) is 0 Å². The number of hydrogen-bond donors (Lipinski definition) is 1. The molecule has 2 heterocycles. The van der Waals surface area contributed by atoms with Gasteiger partial charge in [-0.15, -0.1) is 11.3 Å². The maximum absolute atomic E-state index is 12.9. The summed E-state index contributed by atoms with van der Waals surface area (Å²) in [6, 6.07) is 6.37. The van der Waals surface area contributed by atoms with Gasteiger partial charge in [-0.2, -0.15) is 0 Å². The van der Waals surface area contributed by atoms with Crippen molar-refractivity contribution in [2.24, 2.45) is 5.92 Å². The number of thiophene rings is 1. The minimum atomic E-state index is -0.245. The molecular weight excluding hydrogens is 393 g/mol. The van der Waals surface area contributed by atoms with Crippen LogP contribution >= 0.6 is 23.1 Å². The van der Waals surface area contributed by atoms with Crippen LogP contribution in [0.2, 0.25) is 0 Å². The molecule has 0 unspecified atom stereocenters.